The first-order chi connectivity index (χ1) is 12.3. The van der Waals surface area contributed by atoms with Crippen molar-refractivity contribution in [2.75, 3.05) is 7.05 Å². The fourth-order valence-corrected chi connectivity index (χ4v) is 2.72. The third-order valence-corrected chi connectivity index (χ3v) is 4.31. The Morgan fingerprint density at radius 1 is 0.923 bits per heavy atom. The van der Waals surface area contributed by atoms with E-state index in [9.17, 15) is 19.2 Å². The van der Waals surface area contributed by atoms with Gasteiger partial charge in [-0.2, -0.15) is 0 Å². The van der Waals surface area contributed by atoms with E-state index in [0.717, 1.165) is 10.5 Å². The van der Waals surface area contributed by atoms with Crippen molar-refractivity contribution in [2.45, 2.75) is 20.0 Å². The van der Waals surface area contributed by atoms with E-state index >= 15 is 0 Å². The van der Waals surface area contributed by atoms with Gasteiger partial charge in [-0.15, -0.1) is 0 Å². The molecule has 0 radical (unpaired) electrons. The van der Waals surface area contributed by atoms with Gasteiger partial charge in [-0.25, -0.2) is 4.79 Å². The van der Waals surface area contributed by atoms with Gasteiger partial charge in [-0.1, -0.05) is 29.8 Å². The number of imide groups is 1. The highest BCUT2D eigenvalue weighted by Crippen LogP contribution is 2.23. The van der Waals surface area contributed by atoms with E-state index in [1.807, 2.05) is 6.92 Å². The maximum atomic E-state index is 12.4. The lowest BCUT2D eigenvalue weighted by Crippen LogP contribution is -2.25. The van der Waals surface area contributed by atoms with Crippen LogP contribution < -0.4 is 0 Å². The lowest BCUT2D eigenvalue weighted by molar-refractivity contribution is 0.0318. The average Bonchev–Trinajstić information content (AvgIpc) is 2.85. The molecular weight excluding hydrogens is 334 g/mol. The highest BCUT2D eigenvalue weighted by atomic mass is 16.5. The molecular formula is C20H17NO5. The van der Waals surface area contributed by atoms with Crippen LogP contribution in [-0.4, -0.2) is 41.6 Å². The minimum atomic E-state index is -0.974. The molecule has 1 aliphatic rings. The average molecular weight is 351 g/mol. The molecule has 1 atom stereocenters. The van der Waals surface area contributed by atoms with E-state index in [0.29, 0.717) is 5.56 Å². The summed E-state index contributed by atoms with van der Waals surface area (Å²) in [5, 5.41) is 0. The van der Waals surface area contributed by atoms with Crippen molar-refractivity contribution in [1.82, 2.24) is 4.90 Å². The van der Waals surface area contributed by atoms with Gasteiger partial charge in [0.2, 0.25) is 5.78 Å². The number of hydrogen-bond donors (Lipinski definition) is 0. The second-order valence-corrected chi connectivity index (χ2v) is 6.21. The molecule has 26 heavy (non-hydrogen) atoms. The molecule has 2 aromatic carbocycles. The zero-order valence-corrected chi connectivity index (χ0v) is 14.6. The molecule has 0 aliphatic carbocycles. The molecule has 0 aromatic heterocycles. The number of Topliss-reactive ketones (excluding diaryl/α,β-unsaturated/α-hetero) is 1. The van der Waals surface area contributed by atoms with Crippen molar-refractivity contribution in [3.05, 3.63) is 70.3 Å². The molecule has 6 nitrogen and oxygen atoms in total. The van der Waals surface area contributed by atoms with Gasteiger partial charge >= 0.3 is 5.97 Å². The summed E-state index contributed by atoms with van der Waals surface area (Å²) in [6.45, 7) is 3.41. The number of ketones is 1. The maximum Gasteiger partial charge on any atom is 0.338 e. The number of carbonyl (C=O) groups excluding carboxylic acids is 4. The third-order valence-electron chi connectivity index (χ3n) is 4.31. The Morgan fingerprint density at radius 3 is 2.15 bits per heavy atom. The molecule has 0 saturated heterocycles. The van der Waals surface area contributed by atoms with E-state index in [4.69, 9.17) is 4.74 Å². The summed E-state index contributed by atoms with van der Waals surface area (Å²) in [4.78, 5) is 49.6. The topological polar surface area (TPSA) is 80.8 Å². The first-order valence-electron chi connectivity index (χ1n) is 8.08. The van der Waals surface area contributed by atoms with Crippen molar-refractivity contribution in [3.8, 4) is 0 Å². The van der Waals surface area contributed by atoms with Crippen LogP contribution in [0.2, 0.25) is 0 Å². The first kappa shape index (κ1) is 17.5. The predicted octanol–water partition coefficient (Wildman–Crippen LogP) is 2.65. The lowest BCUT2D eigenvalue weighted by Gasteiger charge is -2.13. The van der Waals surface area contributed by atoms with Gasteiger partial charge in [0, 0.05) is 12.6 Å². The van der Waals surface area contributed by atoms with Gasteiger partial charge in [0.05, 0.1) is 16.7 Å². The van der Waals surface area contributed by atoms with Crippen LogP contribution >= 0.6 is 0 Å². The number of hydrogen-bond acceptors (Lipinski definition) is 5. The van der Waals surface area contributed by atoms with E-state index in [1.54, 1.807) is 24.3 Å². The molecule has 0 fully saturated rings. The maximum absolute atomic E-state index is 12.4. The molecule has 132 valence electrons. The number of rotatable bonds is 4. The Balaban J connectivity index is 1.76. The third kappa shape index (κ3) is 3.01. The Bertz CT molecular complexity index is 930. The number of benzene rings is 2. The van der Waals surface area contributed by atoms with Crippen LogP contribution in [0.3, 0.4) is 0 Å². The van der Waals surface area contributed by atoms with Crippen LogP contribution in [0, 0.1) is 6.92 Å². The SMILES string of the molecule is Cc1ccc(C(=O)C(C)OC(=O)c2ccc3c(c2)C(=O)N(C)C3=O)cc1. The highest BCUT2D eigenvalue weighted by Gasteiger charge is 2.33. The molecule has 0 bridgehead atoms. The van der Waals surface area contributed by atoms with Crippen molar-refractivity contribution in [3.63, 3.8) is 0 Å². The number of esters is 1. The zero-order chi connectivity index (χ0) is 19.0. The van der Waals surface area contributed by atoms with Crippen LogP contribution in [0.15, 0.2) is 42.5 Å². The molecule has 0 N–H and O–H groups in total. The molecule has 1 aliphatic heterocycles. The zero-order valence-electron chi connectivity index (χ0n) is 14.6. The van der Waals surface area contributed by atoms with Gasteiger partial charge < -0.3 is 4.74 Å². The minimum absolute atomic E-state index is 0.115. The van der Waals surface area contributed by atoms with E-state index < -0.39 is 23.9 Å². The number of nitrogens with zero attached hydrogens (tertiary/aromatic N) is 1. The Hall–Kier alpha value is -3.28. The minimum Gasteiger partial charge on any atom is -0.451 e. The van der Waals surface area contributed by atoms with Crippen LogP contribution in [0.5, 0.6) is 0 Å². The van der Waals surface area contributed by atoms with Crippen molar-refractivity contribution >= 4 is 23.6 Å². The van der Waals surface area contributed by atoms with Crippen molar-refractivity contribution in [1.29, 1.82) is 0 Å². The number of amides is 2. The van der Waals surface area contributed by atoms with E-state index in [-0.39, 0.29) is 22.5 Å². The number of ether oxygens (including phenoxy) is 1. The first-order valence-corrected chi connectivity index (χ1v) is 8.08. The molecule has 0 spiro atoms. The predicted molar refractivity (Wildman–Crippen MR) is 93.3 cm³/mol. The Kier molecular flexibility index (Phi) is 4.42. The van der Waals surface area contributed by atoms with Crippen LogP contribution in [0.25, 0.3) is 0 Å². The number of aryl methyl sites for hydroxylation is 1. The fraction of sp³-hybridized carbons (Fsp3) is 0.200. The van der Waals surface area contributed by atoms with Gasteiger partial charge in [-0.3, -0.25) is 19.3 Å². The fourth-order valence-electron chi connectivity index (χ4n) is 2.72. The van der Waals surface area contributed by atoms with Gasteiger partial charge in [0.15, 0.2) is 6.10 Å². The standard InChI is InChI=1S/C20H17NO5/c1-11-4-6-13(7-5-11)17(22)12(2)26-20(25)14-8-9-15-16(10-14)19(24)21(3)18(15)23/h4-10,12H,1-3H3. The van der Waals surface area contributed by atoms with E-state index in [1.165, 1.54) is 32.2 Å². The summed E-state index contributed by atoms with van der Waals surface area (Å²) in [7, 11) is 1.38. The lowest BCUT2D eigenvalue weighted by atomic mass is 10.0. The van der Waals surface area contributed by atoms with Crippen LogP contribution in [0.1, 0.15) is 53.9 Å². The molecule has 2 amide bonds. The summed E-state index contributed by atoms with van der Waals surface area (Å²) in [6, 6.07) is 11.1. The smallest absolute Gasteiger partial charge is 0.338 e. The molecule has 2 aromatic rings. The molecule has 6 heteroatoms. The Morgan fingerprint density at radius 2 is 1.50 bits per heavy atom. The van der Waals surface area contributed by atoms with Crippen LogP contribution in [-0.2, 0) is 4.74 Å². The van der Waals surface area contributed by atoms with Gasteiger partial charge in [0.1, 0.15) is 0 Å². The summed E-state index contributed by atoms with van der Waals surface area (Å²) < 4.78 is 5.23. The summed E-state index contributed by atoms with van der Waals surface area (Å²) in [6.07, 6.45) is -0.974. The Labute approximate surface area is 150 Å². The van der Waals surface area contributed by atoms with Gasteiger partial charge in [0.25, 0.3) is 11.8 Å². The molecule has 0 saturated carbocycles. The monoisotopic (exact) mass is 351 g/mol. The quantitative estimate of drug-likeness (QED) is 0.481. The largest absolute Gasteiger partial charge is 0.451 e. The molecule has 1 heterocycles. The van der Waals surface area contributed by atoms with Crippen molar-refractivity contribution < 1.29 is 23.9 Å². The summed E-state index contributed by atoms with van der Waals surface area (Å²) in [5.41, 5.74) is 1.99. The number of fused-ring (bicyclic) bond motifs is 1. The highest BCUT2D eigenvalue weighted by molar-refractivity contribution is 6.21. The van der Waals surface area contributed by atoms with Crippen LogP contribution in [0.4, 0.5) is 0 Å². The number of carbonyl (C=O) groups is 4. The second-order valence-electron chi connectivity index (χ2n) is 6.21. The summed E-state index contributed by atoms with van der Waals surface area (Å²) in [5.74, 6) is -1.92. The van der Waals surface area contributed by atoms with E-state index in [2.05, 4.69) is 0 Å². The molecule has 3 rings (SSSR count). The second kappa shape index (κ2) is 6.55. The molecule has 1 unspecified atom stereocenters. The van der Waals surface area contributed by atoms with Crippen molar-refractivity contribution in [2.24, 2.45) is 0 Å². The summed E-state index contributed by atoms with van der Waals surface area (Å²) >= 11 is 0. The van der Waals surface area contributed by atoms with Gasteiger partial charge in [-0.05, 0) is 32.0 Å². The normalized spacial score (nSPS) is 14.2.